The van der Waals surface area contributed by atoms with E-state index in [1.807, 2.05) is 54.7 Å². The van der Waals surface area contributed by atoms with Crippen molar-refractivity contribution in [3.8, 4) is 17.2 Å². The SMILES string of the molecule is COc1cccc(Oc2ccc(N=Cc3ccn(C4CCCC4)c3)cc2)c1. The highest BCUT2D eigenvalue weighted by atomic mass is 16.5. The Bertz CT molecular complexity index is 906. The fourth-order valence-corrected chi connectivity index (χ4v) is 3.49. The van der Waals surface area contributed by atoms with Gasteiger partial charge in [-0.1, -0.05) is 18.9 Å². The van der Waals surface area contributed by atoms with Gasteiger partial charge in [0.05, 0.1) is 12.8 Å². The smallest absolute Gasteiger partial charge is 0.131 e. The second-order valence-electron chi connectivity index (χ2n) is 6.86. The third kappa shape index (κ3) is 4.40. The van der Waals surface area contributed by atoms with E-state index in [1.165, 1.54) is 25.7 Å². The highest BCUT2D eigenvalue weighted by molar-refractivity contribution is 5.81. The Hall–Kier alpha value is -3.01. The zero-order valence-corrected chi connectivity index (χ0v) is 15.5. The average molecular weight is 360 g/mol. The van der Waals surface area contributed by atoms with Gasteiger partial charge in [0.2, 0.25) is 0 Å². The van der Waals surface area contributed by atoms with Crippen molar-refractivity contribution < 1.29 is 9.47 Å². The Morgan fingerprint density at radius 3 is 2.52 bits per heavy atom. The number of aromatic nitrogens is 1. The molecule has 138 valence electrons. The Morgan fingerprint density at radius 2 is 1.74 bits per heavy atom. The van der Waals surface area contributed by atoms with Crippen molar-refractivity contribution in [1.29, 1.82) is 0 Å². The number of benzene rings is 2. The molecule has 0 amide bonds. The van der Waals surface area contributed by atoms with Gasteiger partial charge < -0.3 is 14.0 Å². The summed E-state index contributed by atoms with van der Waals surface area (Å²) in [6.07, 6.45) is 11.6. The molecule has 27 heavy (non-hydrogen) atoms. The molecular formula is C23H24N2O2. The summed E-state index contributed by atoms with van der Waals surface area (Å²) in [7, 11) is 1.65. The lowest BCUT2D eigenvalue weighted by Crippen LogP contribution is -2.00. The average Bonchev–Trinajstić information content (AvgIpc) is 3.39. The number of methoxy groups -OCH3 is 1. The summed E-state index contributed by atoms with van der Waals surface area (Å²) in [4.78, 5) is 4.58. The predicted molar refractivity (Wildman–Crippen MR) is 109 cm³/mol. The Kier molecular flexibility index (Phi) is 5.24. The number of aliphatic imine (C=N–C) groups is 1. The molecule has 2 aromatic carbocycles. The second kappa shape index (κ2) is 8.12. The molecule has 4 nitrogen and oxygen atoms in total. The normalized spacial score (nSPS) is 14.7. The van der Waals surface area contributed by atoms with E-state index >= 15 is 0 Å². The van der Waals surface area contributed by atoms with E-state index in [9.17, 15) is 0 Å². The summed E-state index contributed by atoms with van der Waals surface area (Å²) in [5.74, 6) is 2.30. The topological polar surface area (TPSA) is 35.8 Å². The van der Waals surface area contributed by atoms with Crippen LogP contribution in [0.25, 0.3) is 0 Å². The molecule has 0 unspecified atom stereocenters. The van der Waals surface area contributed by atoms with Crippen LogP contribution in [0.15, 0.2) is 72.0 Å². The molecule has 3 aromatic rings. The van der Waals surface area contributed by atoms with Crippen molar-refractivity contribution in [3.63, 3.8) is 0 Å². The molecule has 1 aliphatic carbocycles. The van der Waals surface area contributed by atoms with Crippen LogP contribution in [0.5, 0.6) is 17.2 Å². The van der Waals surface area contributed by atoms with Gasteiger partial charge in [-0.05, 0) is 55.3 Å². The summed E-state index contributed by atoms with van der Waals surface area (Å²) in [5, 5.41) is 0. The Balaban J connectivity index is 1.39. The van der Waals surface area contributed by atoms with Crippen LogP contribution >= 0.6 is 0 Å². The summed E-state index contributed by atoms with van der Waals surface area (Å²) in [6.45, 7) is 0. The molecule has 1 saturated carbocycles. The van der Waals surface area contributed by atoms with Gasteiger partial charge >= 0.3 is 0 Å². The lowest BCUT2D eigenvalue weighted by atomic mass is 10.2. The molecule has 0 N–H and O–H groups in total. The summed E-state index contributed by atoms with van der Waals surface area (Å²) >= 11 is 0. The minimum absolute atomic E-state index is 0.667. The van der Waals surface area contributed by atoms with E-state index in [-0.39, 0.29) is 0 Å². The van der Waals surface area contributed by atoms with Gasteiger partial charge in [-0.25, -0.2) is 0 Å². The maximum absolute atomic E-state index is 5.86. The van der Waals surface area contributed by atoms with Crippen LogP contribution in [0.2, 0.25) is 0 Å². The summed E-state index contributed by atoms with van der Waals surface area (Å²) in [6, 6.07) is 18.1. The number of ether oxygens (including phenoxy) is 2. The van der Waals surface area contributed by atoms with Gasteiger partial charge in [-0.3, -0.25) is 4.99 Å². The first kappa shape index (κ1) is 17.4. The van der Waals surface area contributed by atoms with Gasteiger partial charge in [0.15, 0.2) is 0 Å². The highest BCUT2D eigenvalue weighted by Gasteiger charge is 2.15. The van der Waals surface area contributed by atoms with Crippen molar-refractivity contribution in [2.45, 2.75) is 31.7 Å². The molecule has 0 spiro atoms. The van der Waals surface area contributed by atoms with Gasteiger partial charge in [0.25, 0.3) is 0 Å². The third-order valence-corrected chi connectivity index (χ3v) is 4.96. The van der Waals surface area contributed by atoms with Crippen LogP contribution in [0.1, 0.15) is 37.3 Å². The zero-order valence-electron chi connectivity index (χ0n) is 15.5. The Morgan fingerprint density at radius 1 is 0.963 bits per heavy atom. The number of hydrogen-bond donors (Lipinski definition) is 0. The first-order valence-corrected chi connectivity index (χ1v) is 9.44. The van der Waals surface area contributed by atoms with Gasteiger partial charge in [0.1, 0.15) is 17.2 Å². The van der Waals surface area contributed by atoms with Gasteiger partial charge in [-0.15, -0.1) is 0 Å². The molecule has 0 radical (unpaired) electrons. The summed E-state index contributed by atoms with van der Waals surface area (Å²) in [5.41, 5.74) is 2.04. The molecule has 0 bridgehead atoms. The van der Waals surface area contributed by atoms with E-state index in [4.69, 9.17) is 9.47 Å². The van der Waals surface area contributed by atoms with Crippen molar-refractivity contribution in [2.24, 2.45) is 4.99 Å². The van der Waals surface area contributed by atoms with Crippen LogP contribution < -0.4 is 9.47 Å². The van der Waals surface area contributed by atoms with Crippen LogP contribution in [-0.4, -0.2) is 17.9 Å². The van der Waals surface area contributed by atoms with Crippen molar-refractivity contribution in [1.82, 2.24) is 4.57 Å². The third-order valence-electron chi connectivity index (χ3n) is 4.96. The molecule has 0 saturated heterocycles. The molecule has 4 rings (SSSR count). The fraction of sp³-hybridized carbons (Fsp3) is 0.261. The van der Waals surface area contributed by atoms with Crippen molar-refractivity contribution in [2.75, 3.05) is 7.11 Å². The number of hydrogen-bond acceptors (Lipinski definition) is 3. The predicted octanol–water partition coefficient (Wildman–Crippen LogP) is 6.15. The highest BCUT2D eigenvalue weighted by Crippen LogP contribution is 2.30. The number of rotatable bonds is 6. The van der Waals surface area contributed by atoms with Gasteiger partial charge in [-0.2, -0.15) is 0 Å². The van der Waals surface area contributed by atoms with E-state index in [1.54, 1.807) is 7.11 Å². The first-order valence-electron chi connectivity index (χ1n) is 9.44. The molecule has 0 atom stereocenters. The number of nitrogens with zero attached hydrogens (tertiary/aromatic N) is 2. The summed E-state index contributed by atoms with van der Waals surface area (Å²) < 4.78 is 13.4. The zero-order chi connectivity index (χ0) is 18.5. The molecule has 4 heteroatoms. The van der Waals surface area contributed by atoms with E-state index in [0.717, 1.165) is 28.5 Å². The first-order chi connectivity index (χ1) is 13.3. The van der Waals surface area contributed by atoms with Crippen molar-refractivity contribution in [3.05, 3.63) is 72.6 Å². The fourth-order valence-electron chi connectivity index (χ4n) is 3.49. The van der Waals surface area contributed by atoms with E-state index in [2.05, 4.69) is 28.0 Å². The van der Waals surface area contributed by atoms with E-state index < -0.39 is 0 Å². The van der Waals surface area contributed by atoms with Gasteiger partial charge in [0, 0.05) is 36.3 Å². The monoisotopic (exact) mass is 360 g/mol. The standard InChI is InChI=1S/C23H24N2O2/c1-26-22-7-4-8-23(15-22)27-21-11-9-19(10-12-21)24-16-18-13-14-25(17-18)20-5-2-3-6-20/h4,7-17,20H,2-3,5-6H2,1H3. The minimum Gasteiger partial charge on any atom is -0.497 e. The second-order valence-corrected chi connectivity index (χ2v) is 6.86. The molecule has 1 heterocycles. The molecule has 1 aromatic heterocycles. The lowest BCUT2D eigenvalue weighted by Gasteiger charge is -2.10. The van der Waals surface area contributed by atoms with Crippen molar-refractivity contribution >= 4 is 11.9 Å². The maximum atomic E-state index is 5.86. The van der Waals surface area contributed by atoms with Crippen LogP contribution in [0.4, 0.5) is 5.69 Å². The quantitative estimate of drug-likeness (QED) is 0.494. The molecule has 1 fully saturated rings. The Labute approximate surface area is 160 Å². The van der Waals surface area contributed by atoms with E-state index in [0.29, 0.717) is 6.04 Å². The largest absolute Gasteiger partial charge is 0.497 e. The molecule has 1 aliphatic rings. The molecular weight excluding hydrogens is 336 g/mol. The maximum Gasteiger partial charge on any atom is 0.131 e. The van der Waals surface area contributed by atoms with Crippen LogP contribution in [-0.2, 0) is 0 Å². The van der Waals surface area contributed by atoms with Crippen LogP contribution in [0, 0.1) is 0 Å². The lowest BCUT2D eigenvalue weighted by molar-refractivity contribution is 0.409. The van der Waals surface area contributed by atoms with Crippen LogP contribution in [0.3, 0.4) is 0 Å². The minimum atomic E-state index is 0.667. The molecule has 0 aliphatic heterocycles.